The minimum atomic E-state index is -0.136. The summed E-state index contributed by atoms with van der Waals surface area (Å²) in [6.07, 6.45) is 6.36. The van der Waals surface area contributed by atoms with Crippen LogP contribution in [0.2, 0.25) is 5.02 Å². The minimum Gasteiger partial charge on any atom is -0.497 e. The Morgan fingerprint density at radius 1 is 1.29 bits per heavy atom. The highest BCUT2D eigenvalue weighted by molar-refractivity contribution is 6.33. The number of benzene rings is 1. The molecule has 1 saturated carbocycles. The number of hydrogen-bond donors (Lipinski definition) is 1. The van der Waals surface area contributed by atoms with Crippen LogP contribution in [0.4, 0.5) is 5.82 Å². The Hall–Kier alpha value is -2.47. The Bertz CT molecular complexity index is 836. The number of carbonyl (C=O) groups is 1. The van der Waals surface area contributed by atoms with Crippen molar-refractivity contribution in [2.45, 2.75) is 38.3 Å². The molecule has 0 radical (unpaired) electrons. The Labute approximate surface area is 170 Å². The highest BCUT2D eigenvalue weighted by atomic mass is 35.5. The monoisotopic (exact) mass is 403 g/mol. The van der Waals surface area contributed by atoms with Gasteiger partial charge in [-0.3, -0.25) is 4.79 Å². The normalized spacial score (nSPS) is 14.0. The quantitative estimate of drug-likeness (QED) is 0.743. The van der Waals surface area contributed by atoms with Crippen LogP contribution in [0.1, 0.15) is 41.6 Å². The number of halogens is 1. The number of anilines is 1. The first-order valence-corrected chi connectivity index (χ1v) is 9.80. The molecule has 1 aromatic carbocycles. The van der Waals surface area contributed by atoms with E-state index in [1.165, 1.54) is 23.9 Å². The van der Waals surface area contributed by atoms with Gasteiger partial charge in [0, 0.05) is 38.5 Å². The summed E-state index contributed by atoms with van der Waals surface area (Å²) in [6.45, 7) is 0.500. The summed E-state index contributed by atoms with van der Waals surface area (Å²) in [6, 6.07) is 7.44. The van der Waals surface area contributed by atoms with Gasteiger partial charge in [0.05, 0.1) is 23.8 Å². The van der Waals surface area contributed by atoms with Gasteiger partial charge < -0.3 is 19.7 Å². The lowest BCUT2D eigenvalue weighted by Crippen LogP contribution is -2.22. The van der Waals surface area contributed by atoms with E-state index in [-0.39, 0.29) is 12.0 Å². The summed E-state index contributed by atoms with van der Waals surface area (Å²) in [7, 11) is 5.03. The van der Waals surface area contributed by atoms with E-state index in [1.807, 2.05) is 18.2 Å². The van der Waals surface area contributed by atoms with Crippen LogP contribution in [0.15, 0.2) is 30.5 Å². The van der Waals surface area contributed by atoms with Crippen molar-refractivity contribution in [2.75, 3.05) is 26.5 Å². The van der Waals surface area contributed by atoms with E-state index < -0.39 is 0 Å². The molecule has 1 aliphatic rings. The first-order valence-electron chi connectivity index (χ1n) is 9.42. The van der Waals surface area contributed by atoms with Gasteiger partial charge in [-0.15, -0.1) is 0 Å². The van der Waals surface area contributed by atoms with Crippen LogP contribution < -0.4 is 14.8 Å². The number of amides is 1. The molecule has 150 valence electrons. The van der Waals surface area contributed by atoms with Crippen molar-refractivity contribution in [3.8, 4) is 11.5 Å². The van der Waals surface area contributed by atoms with Crippen LogP contribution in [0.5, 0.6) is 11.5 Å². The van der Waals surface area contributed by atoms with Crippen molar-refractivity contribution in [3.05, 3.63) is 46.6 Å². The fourth-order valence-electron chi connectivity index (χ4n) is 3.23. The fraction of sp³-hybridized carbons (Fsp3) is 0.429. The predicted octanol–water partition coefficient (Wildman–Crippen LogP) is 4.38. The molecule has 0 spiro atoms. The molecule has 1 fully saturated rings. The summed E-state index contributed by atoms with van der Waals surface area (Å²) in [5.41, 5.74) is 1.45. The molecule has 1 heterocycles. The van der Waals surface area contributed by atoms with Crippen LogP contribution in [-0.2, 0) is 6.54 Å². The SMILES string of the molecule is COc1ccc(CNc2ncc(C(=O)N(C)C)cc2Cl)c(OC2CCCC2)c1. The second-order valence-corrected chi connectivity index (χ2v) is 7.51. The topological polar surface area (TPSA) is 63.7 Å². The number of rotatable bonds is 7. The van der Waals surface area contributed by atoms with E-state index >= 15 is 0 Å². The maximum atomic E-state index is 12.0. The van der Waals surface area contributed by atoms with E-state index in [2.05, 4.69) is 10.3 Å². The van der Waals surface area contributed by atoms with Gasteiger partial charge in [-0.1, -0.05) is 11.6 Å². The van der Waals surface area contributed by atoms with Gasteiger partial charge in [-0.25, -0.2) is 4.98 Å². The third-order valence-corrected chi connectivity index (χ3v) is 5.10. The summed E-state index contributed by atoms with van der Waals surface area (Å²) in [5.74, 6) is 1.97. The van der Waals surface area contributed by atoms with E-state index in [0.29, 0.717) is 22.9 Å². The molecule has 7 heteroatoms. The largest absolute Gasteiger partial charge is 0.497 e. The average Bonchev–Trinajstić information content (AvgIpc) is 3.20. The van der Waals surface area contributed by atoms with Crippen molar-refractivity contribution in [1.29, 1.82) is 0 Å². The van der Waals surface area contributed by atoms with Crippen molar-refractivity contribution in [1.82, 2.24) is 9.88 Å². The van der Waals surface area contributed by atoms with Crippen LogP contribution in [-0.4, -0.2) is 43.1 Å². The lowest BCUT2D eigenvalue weighted by atomic mass is 10.1. The molecule has 1 amide bonds. The summed E-state index contributed by atoms with van der Waals surface area (Å²) in [4.78, 5) is 17.8. The lowest BCUT2D eigenvalue weighted by Gasteiger charge is -2.18. The Morgan fingerprint density at radius 2 is 2.04 bits per heavy atom. The second kappa shape index (κ2) is 9.15. The molecular weight excluding hydrogens is 378 g/mol. The number of hydrogen-bond acceptors (Lipinski definition) is 5. The molecule has 0 saturated heterocycles. The zero-order valence-electron chi connectivity index (χ0n) is 16.5. The standard InChI is InChI=1S/C21H26ClN3O3/c1-25(2)21(26)15-10-18(22)20(24-13-15)23-12-14-8-9-17(27-3)11-19(14)28-16-6-4-5-7-16/h8-11,13,16H,4-7,12H2,1-3H3,(H,23,24). The van der Waals surface area contributed by atoms with Crippen LogP contribution in [0.3, 0.4) is 0 Å². The molecule has 0 unspecified atom stereocenters. The summed E-state index contributed by atoms with van der Waals surface area (Å²) in [5, 5.41) is 3.64. The van der Waals surface area contributed by atoms with Crippen molar-refractivity contribution in [2.24, 2.45) is 0 Å². The summed E-state index contributed by atoms with van der Waals surface area (Å²) < 4.78 is 11.6. The zero-order valence-corrected chi connectivity index (χ0v) is 17.3. The molecule has 0 atom stereocenters. The van der Waals surface area contributed by atoms with Gasteiger partial charge in [0.25, 0.3) is 5.91 Å². The third kappa shape index (κ3) is 4.87. The van der Waals surface area contributed by atoms with Gasteiger partial charge in [0.1, 0.15) is 17.3 Å². The van der Waals surface area contributed by atoms with E-state index in [0.717, 1.165) is 29.9 Å². The van der Waals surface area contributed by atoms with Gasteiger partial charge in [-0.05, 0) is 43.9 Å². The van der Waals surface area contributed by atoms with Gasteiger partial charge in [0.2, 0.25) is 0 Å². The Balaban J connectivity index is 1.73. The maximum absolute atomic E-state index is 12.0. The zero-order chi connectivity index (χ0) is 20.1. The number of nitrogens with one attached hydrogen (secondary N) is 1. The molecule has 2 aromatic rings. The highest BCUT2D eigenvalue weighted by Gasteiger charge is 2.19. The maximum Gasteiger partial charge on any atom is 0.254 e. The first-order chi connectivity index (χ1) is 13.5. The highest BCUT2D eigenvalue weighted by Crippen LogP contribution is 2.31. The molecule has 1 aliphatic carbocycles. The van der Waals surface area contributed by atoms with Crippen molar-refractivity contribution in [3.63, 3.8) is 0 Å². The second-order valence-electron chi connectivity index (χ2n) is 7.11. The number of aromatic nitrogens is 1. The predicted molar refractivity (Wildman–Crippen MR) is 110 cm³/mol. The van der Waals surface area contributed by atoms with Gasteiger partial charge in [-0.2, -0.15) is 0 Å². The molecule has 0 aliphatic heterocycles. The van der Waals surface area contributed by atoms with Gasteiger partial charge in [0.15, 0.2) is 0 Å². The molecule has 3 rings (SSSR count). The van der Waals surface area contributed by atoms with E-state index in [1.54, 1.807) is 27.3 Å². The third-order valence-electron chi connectivity index (χ3n) is 4.81. The number of pyridine rings is 1. The minimum absolute atomic E-state index is 0.136. The number of carbonyl (C=O) groups excluding carboxylic acids is 1. The van der Waals surface area contributed by atoms with Crippen molar-refractivity contribution < 1.29 is 14.3 Å². The molecule has 1 N–H and O–H groups in total. The van der Waals surface area contributed by atoms with Crippen LogP contribution in [0, 0.1) is 0 Å². The average molecular weight is 404 g/mol. The lowest BCUT2D eigenvalue weighted by molar-refractivity contribution is 0.0827. The van der Waals surface area contributed by atoms with E-state index in [4.69, 9.17) is 21.1 Å². The Kier molecular flexibility index (Phi) is 6.62. The molecule has 6 nitrogen and oxygen atoms in total. The van der Waals surface area contributed by atoms with Crippen LogP contribution >= 0.6 is 11.6 Å². The number of ether oxygens (including phenoxy) is 2. The van der Waals surface area contributed by atoms with E-state index in [9.17, 15) is 4.79 Å². The fourth-order valence-corrected chi connectivity index (χ4v) is 3.46. The van der Waals surface area contributed by atoms with Gasteiger partial charge >= 0.3 is 0 Å². The summed E-state index contributed by atoms with van der Waals surface area (Å²) >= 11 is 6.32. The number of methoxy groups -OCH3 is 1. The molecule has 28 heavy (non-hydrogen) atoms. The first kappa shape index (κ1) is 20.3. The van der Waals surface area contributed by atoms with Crippen molar-refractivity contribution >= 4 is 23.3 Å². The number of nitrogens with zero attached hydrogens (tertiary/aromatic N) is 2. The smallest absolute Gasteiger partial charge is 0.254 e. The molecule has 1 aromatic heterocycles. The molecular formula is C21H26ClN3O3. The van der Waals surface area contributed by atoms with Crippen LogP contribution in [0.25, 0.3) is 0 Å². The molecule has 0 bridgehead atoms. The Morgan fingerprint density at radius 3 is 2.68 bits per heavy atom.